The van der Waals surface area contributed by atoms with Gasteiger partial charge >= 0.3 is 0 Å². The number of carbonyl (C=O) groups excluding carboxylic acids is 1. The number of ether oxygens (including phenoxy) is 2. The second-order valence-corrected chi connectivity index (χ2v) is 5.92. The third-order valence-electron chi connectivity index (χ3n) is 3.75. The van der Waals surface area contributed by atoms with E-state index in [9.17, 15) is 4.79 Å². The fraction of sp³-hybridized carbons (Fsp3) is 0.350. The molecule has 2 aromatic rings. The molecule has 0 unspecified atom stereocenters. The van der Waals surface area contributed by atoms with Crippen LogP contribution in [-0.4, -0.2) is 26.2 Å². The van der Waals surface area contributed by atoms with Gasteiger partial charge in [0.1, 0.15) is 18.1 Å². The Bertz CT molecular complexity index is 650. The molecule has 0 saturated carbocycles. The molecule has 0 radical (unpaired) electrons. The van der Waals surface area contributed by atoms with Gasteiger partial charge in [-0.25, -0.2) is 0 Å². The summed E-state index contributed by atoms with van der Waals surface area (Å²) in [5.74, 6) is 2.07. The first-order valence-corrected chi connectivity index (χ1v) is 8.21. The van der Waals surface area contributed by atoms with Crippen LogP contribution in [-0.2, 0) is 11.2 Å². The minimum atomic E-state index is -0.0130. The van der Waals surface area contributed by atoms with Gasteiger partial charge in [-0.05, 0) is 35.2 Å². The van der Waals surface area contributed by atoms with Crippen molar-refractivity contribution >= 4 is 5.91 Å². The first-order valence-electron chi connectivity index (χ1n) is 8.21. The highest BCUT2D eigenvalue weighted by atomic mass is 16.5. The van der Waals surface area contributed by atoms with Crippen molar-refractivity contribution in [1.82, 2.24) is 5.32 Å². The minimum absolute atomic E-state index is 0.0130. The SMILES string of the molecule is COc1ccc(CC(=O)NCCOc2ccccc2C(C)C)cc1. The Hall–Kier alpha value is -2.49. The van der Waals surface area contributed by atoms with Crippen LogP contribution in [0.5, 0.6) is 11.5 Å². The third kappa shape index (κ3) is 5.30. The van der Waals surface area contributed by atoms with Gasteiger partial charge in [0.15, 0.2) is 0 Å². The summed E-state index contributed by atoms with van der Waals surface area (Å²) >= 11 is 0. The predicted molar refractivity (Wildman–Crippen MR) is 95.7 cm³/mol. The van der Waals surface area contributed by atoms with Crippen LogP contribution in [0.4, 0.5) is 0 Å². The molecular formula is C20H25NO3. The van der Waals surface area contributed by atoms with E-state index >= 15 is 0 Å². The average molecular weight is 327 g/mol. The van der Waals surface area contributed by atoms with Gasteiger partial charge in [-0.1, -0.05) is 44.2 Å². The van der Waals surface area contributed by atoms with Gasteiger partial charge in [0.05, 0.1) is 20.1 Å². The van der Waals surface area contributed by atoms with Crippen molar-refractivity contribution in [2.45, 2.75) is 26.2 Å². The van der Waals surface area contributed by atoms with Crippen molar-refractivity contribution in [2.24, 2.45) is 0 Å². The Morgan fingerprint density at radius 2 is 1.79 bits per heavy atom. The molecule has 128 valence electrons. The fourth-order valence-electron chi connectivity index (χ4n) is 2.43. The fourth-order valence-corrected chi connectivity index (χ4v) is 2.43. The Labute approximate surface area is 143 Å². The zero-order chi connectivity index (χ0) is 17.4. The summed E-state index contributed by atoms with van der Waals surface area (Å²) in [5, 5.41) is 2.88. The highest BCUT2D eigenvalue weighted by molar-refractivity contribution is 5.78. The largest absolute Gasteiger partial charge is 0.497 e. The van der Waals surface area contributed by atoms with Crippen molar-refractivity contribution in [3.05, 3.63) is 59.7 Å². The van der Waals surface area contributed by atoms with E-state index in [1.807, 2.05) is 42.5 Å². The quantitative estimate of drug-likeness (QED) is 0.754. The number of para-hydroxylation sites is 1. The molecule has 0 aliphatic heterocycles. The molecule has 0 bridgehead atoms. The molecule has 4 nitrogen and oxygen atoms in total. The standard InChI is InChI=1S/C20H25NO3/c1-15(2)18-6-4-5-7-19(18)24-13-12-21-20(22)14-16-8-10-17(23-3)11-9-16/h4-11,15H,12-14H2,1-3H3,(H,21,22). The molecule has 0 aliphatic carbocycles. The summed E-state index contributed by atoms with van der Waals surface area (Å²) < 4.78 is 10.9. The Kier molecular flexibility index (Phi) is 6.67. The van der Waals surface area contributed by atoms with Gasteiger partial charge in [-0.15, -0.1) is 0 Å². The molecule has 2 aromatic carbocycles. The first-order chi connectivity index (χ1) is 11.6. The molecule has 1 amide bonds. The molecule has 0 heterocycles. The van der Waals surface area contributed by atoms with Crippen LogP contribution in [0.15, 0.2) is 48.5 Å². The number of methoxy groups -OCH3 is 1. The lowest BCUT2D eigenvalue weighted by Gasteiger charge is -2.14. The lowest BCUT2D eigenvalue weighted by molar-refractivity contribution is -0.120. The summed E-state index contributed by atoms with van der Waals surface area (Å²) in [6.07, 6.45) is 0.354. The number of hydrogen-bond acceptors (Lipinski definition) is 3. The summed E-state index contributed by atoms with van der Waals surface area (Å²) in [5.41, 5.74) is 2.14. The van der Waals surface area contributed by atoms with E-state index in [0.717, 1.165) is 17.1 Å². The normalized spacial score (nSPS) is 10.5. The lowest BCUT2D eigenvalue weighted by atomic mass is 10.0. The monoisotopic (exact) mass is 327 g/mol. The lowest BCUT2D eigenvalue weighted by Crippen LogP contribution is -2.29. The molecule has 4 heteroatoms. The molecule has 0 aliphatic rings. The number of nitrogens with one attached hydrogen (secondary N) is 1. The number of hydrogen-bond donors (Lipinski definition) is 1. The Balaban J connectivity index is 1.75. The molecular weight excluding hydrogens is 302 g/mol. The van der Waals surface area contributed by atoms with Crippen molar-refractivity contribution in [1.29, 1.82) is 0 Å². The Morgan fingerprint density at radius 1 is 1.08 bits per heavy atom. The highest BCUT2D eigenvalue weighted by Crippen LogP contribution is 2.25. The van der Waals surface area contributed by atoms with Crippen LogP contribution in [0.3, 0.4) is 0 Å². The zero-order valence-corrected chi connectivity index (χ0v) is 14.5. The topological polar surface area (TPSA) is 47.6 Å². The van der Waals surface area contributed by atoms with Crippen molar-refractivity contribution < 1.29 is 14.3 Å². The zero-order valence-electron chi connectivity index (χ0n) is 14.5. The van der Waals surface area contributed by atoms with Crippen LogP contribution in [0, 0.1) is 0 Å². The van der Waals surface area contributed by atoms with E-state index in [2.05, 4.69) is 25.2 Å². The smallest absolute Gasteiger partial charge is 0.224 e. The number of carbonyl (C=O) groups is 1. The molecule has 0 atom stereocenters. The van der Waals surface area contributed by atoms with Crippen molar-refractivity contribution in [3.8, 4) is 11.5 Å². The molecule has 24 heavy (non-hydrogen) atoms. The number of benzene rings is 2. The van der Waals surface area contributed by atoms with E-state index in [-0.39, 0.29) is 5.91 Å². The predicted octanol–water partition coefficient (Wildman–Crippen LogP) is 3.56. The summed E-state index contributed by atoms with van der Waals surface area (Å²) in [6, 6.07) is 15.5. The number of amides is 1. The molecule has 0 fully saturated rings. The van der Waals surface area contributed by atoms with E-state index in [1.165, 1.54) is 5.56 Å². The summed E-state index contributed by atoms with van der Waals surface area (Å²) in [7, 11) is 1.62. The van der Waals surface area contributed by atoms with E-state index < -0.39 is 0 Å². The summed E-state index contributed by atoms with van der Waals surface area (Å²) in [6.45, 7) is 5.22. The van der Waals surface area contributed by atoms with Gasteiger partial charge in [-0.2, -0.15) is 0 Å². The van der Waals surface area contributed by atoms with E-state index in [1.54, 1.807) is 7.11 Å². The second-order valence-electron chi connectivity index (χ2n) is 5.92. The highest BCUT2D eigenvalue weighted by Gasteiger charge is 2.07. The van der Waals surface area contributed by atoms with Crippen LogP contribution < -0.4 is 14.8 Å². The van der Waals surface area contributed by atoms with Gasteiger partial charge < -0.3 is 14.8 Å². The molecule has 0 saturated heterocycles. The van der Waals surface area contributed by atoms with Crippen molar-refractivity contribution in [3.63, 3.8) is 0 Å². The minimum Gasteiger partial charge on any atom is -0.497 e. The van der Waals surface area contributed by atoms with E-state index in [0.29, 0.717) is 25.5 Å². The maximum Gasteiger partial charge on any atom is 0.224 e. The van der Waals surface area contributed by atoms with Gasteiger partial charge in [0.25, 0.3) is 0 Å². The maximum atomic E-state index is 12.0. The number of rotatable bonds is 8. The molecule has 0 aromatic heterocycles. The molecule has 0 spiro atoms. The van der Waals surface area contributed by atoms with Gasteiger partial charge in [0.2, 0.25) is 5.91 Å². The maximum absolute atomic E-state index is 12.0. The van der Waals surface area contributed by atoms with Gasteiger partial charge in [-0.3, -0.25) is 4.79 Å². The van der Waals surface area contributed by atoms with Crippen LogP contribution in [0.1, 0.15) is 30.9 Å². The van der Waals surface area contributed by atoms with Crippen molar-refractivity contribution in [2.75, 3.05) is 20.3 Å². The Morgan fingerprint density at radius 3 is 2.46 bits per heavy atom. The third-order valence-corrected chi connectivity index (χ3v) is 3.75. The average Bonchev–Trinajstić information content (AvgIpc) is 2.59. The second kappa shape index (κ2) is 8.96. The van der Waals surface area contributed by atoms with Gasteiger partial charge in [0, 0.05) is 0 Å². The molecule has 1 N–H and O–H groups in total. The molecule has 2 rings (SSSR count). The van der Waals surface area contributed by atoms with Crippen LogP contribution in [0.25, 0.3) is 0 Å². The van der Waals surface area contributed by atoms with Crippen LogP contribution >= 0.6 is 0 Å². The summed E-state index contributed by atoms with van der Waals surface area (Å²) in [4.78, 5) is 12.0. The van der Waals surface area contributed by atoms with Crippen LogP contribution in [0.2, 0.25) is 0 Å². The van der Waals surface area contributed by atoms with E-state index in [4.69, 9.17) is 9.47 Å². The first kappa shape index (κ1) is 17.9.